The minimum absolute atomic E-state index is 0.253. The Labute approximate surface area is 189 Å². The Morgan fingerprint density at radius 2 is 1.56 bits per heavy atom. The van der Waals surface area contributed by atoms with Crippen LogP contribution in [0.1, 0.15) is 39.7 Å². The molecule has 5 atom stereocenters. The molecule has 1 aromatic carbocycles. The molecule has 0 spiro atoms. The maximum absolute atomic E-state index is 12.3. The highest BCUT2D eigenvalue weighted by molar-refractivity contribution is 7.89. The van der Waals surface area contributed by atoms with Gasteiger partial charge in [0.2, 0.25) is 10.0 Å². The van der Waals surface area contributed by atoms with Crippen LogP contribution in [0.2, 0.25) is 0 Å². The van der Waals surface area contributed by atoms with E-state index in [9.17, 15) is 8.42 Å². The van der Waals surface area contributed by atoms with Crippen LogP contribution in [0.3, 0.4) is 0 Å². The summed E-state index contributed by atoms with van der Waals surface area (Å²) in [6, 6.07) is 6.74. The molecule has 3 fully saturated rings. The molecule has 1 N–H and O–H groups in total. The predicted molar refractivity (Wildman–Crippen MR) is 114 cm³/mol. The van der Waals surface area contributed by atoms with E-state index in [1.54, 1.807) is 24.3 Å². The highest BCUT2D eigenvalue weighted by atomic mass is 32.2. The molecule has 3 aliphatic heterocycles. The molecule has 0 unspecified atom stereocenters. The van der Waals surface area contributed by atoms with E-state index in [1.165, 1.54) is 0 Å². The van der Waals surface area contributed by atoms with E-state index in [2.05, 4.69) is 4.72 Å². The Morgan fingerprint density at radius 1 is 0.938 bits per heavy atom. The second kappa shape index (κ2) is 8.92. The standard InChI is InChI=1S/C22H33NO8S/c1-14-7-9-15(10-8-14)32(24,25)23-11-6-12-26-13-16-17-18(29-21(2,3)28-17)19-20(27-16)31-22(4,5)30-19/h7-10,16-20,23H,6,11-13H2,1-5H3/t16-,17+,18+,19-,20-/m1/s1. The zero-order valence-electron chi connectivity index (χ0n) is 19.2. The van der Waals surface area contributed by atoms with Gasteiger partial charge in [-0.1, -0.05) is 17.7 Å². The van der Waals surface area contributed by atoms with Crippen molar-refractivity contribution in [3.05, 3.63) is 29.8 Å². The Morgan fingerprint density at radius 3 is 2.28 bits per heavy atom. The van der Waals surface area contributed by atoms with Crippen LogP contribution in [0.25, 0.3) is 0 Å². The summed E-state index contributed by atoms with van der Waals surface area (Å²) in [5, 5.41) is 0. The van der Waals surface area contributed by atoms with Crippen LogP contribution in [-0.4, -0.2) is 70.5 Å². The number of hydrogen-bond acceptors (Lipinski definition) is 8. The second-order valence-corrected chi connectivity index (χ2v) is 11.1. The summed E-state index contributed by atoms with van der Waals surface area (Å²) in [6.07, 6.45) is -1.45. The lowest BCUT2D eigenvalue weighted by molar-refractivity contribution is -0.243. The van der Waals surface area contributed by atoms with Gasteiger partial charge in [0, 0.05) is 13.2 Å². The first-order valence-corrected chi connectivity index (χ1v) is 12.4. The number of nitrogens with one attached hydrogen (secondary N) is 1. The first kappa shape index (κ1) is 24.0. The van der Waals surface area contributed by atoms with Crippen molar-refractivity contribution in [2.45, 2.75) is 88.2 Å². The van der Waals surface area contributed by atoms with Crippen molar-refractivity contribution >= 4 is 10.0 Å². The molecular formula is C22H33NO8S. The topological polar surface area (TPSA) is 102 Å². The van der Waals surface area contributed by atoms with Crippen molar-refractivity contribution in [2.75, 3.05) is 19.8 Å². The Balaban J connectivity index is 1.25. The molecule has 0 aliphatic carbocycles. The van der Waals surface area contributed by atoms with E-state index in [1.807, 2.05) is 34.6 Å². The number of hydrogen-bond donors (Lipinski definition) is 1. The number of ether oxygens (including phenoxy) is 6. The van der Waals surface area contributed by atoms with Gasteiger partial charge >= 0.3 is 0 Å². The molecule has 3 saturated heterocycles. The van der Waals surface area contributed by atoms with Crippen molar-refractivity contribution in [2.24, 2.45) is 0 Å². The quantitative estimate of drug-likeness (QED) is 0.575. The van der Waals surface area contributed by atoms with E-state index < -0.39 is 27.9 Å². The highest BCUT2D eigenvalue weighted by Gasteiger charge is 2.60. The SMILES string of the molecule is Cc1ccc(S(=O)(=O)NCCCOC[C@H]2O[C@@H]3OC(C)(C)O[C@@H]3[C@H]3OC(C)(C)O[C@H]32)cc1. The van der Waals surface area contributed by atoms with Gasteiger partial charge in [0.15, 0.2) is 17.9 Å². The Hall–Kier alpha value is -1.11. The molecule has 3 heterocycles. The molecule has 1 aromatic rings. The van der Waals surface area contributed by atoms with E-state index in [4.69, 9.17) is 28.4 Å². The summed E-state index contributed by atoms with van der Waals surface area (Å²) in [5.41, 5.74) is 1.01. The van der Waals surface area contributed by atoms with Gasteiger partial charge in [-0.2, -0.15) is 0 Å². The Kier molecular flexibility index (Phi) is 6.70. The molecule has 3 aliphatic rings. The molecule has 10 heteroatoms. The van der Waals surface area contributed by atoms with Gasteiger partial charge in [-0.15, -0.1) is 0 Å². The third-order valence-corrected chi connectivity index (χ3v) is 7.10. The fraction of sp³-hybridized carbons (Fsp3) is 0.727. The minimum Gasteiger partial charge on any atom is -0.379 e. The minimum atomic E-state index is -3.53. The van der Waals surface area contributed by atoms with Crippen molar-refractivity contribution < 1.29 is 36.8 Å². The summed E-state index contributed by atoms with van der Waals surface area (Å²) < 4.78 is 63.2. The van der Waals surface area contributed by atoms with E-state index >= 15 is 0 Å². The lowest BCUT2D eigenvalue weighted by Crippen LogP contribution is -2.56. The summed E-state index contributed by atoms with van der Waals surface area (Å²) in [6.45, 7) is 10.2. The summed E-state index contributed by atoms with van der Waals surface area (Å²) in [5.74, 6) is -1.52. The molecule has 0 radical (unpaired) electrons. The van der Waals surface area contributed by atoms with Gasteiger partial charge in [-0.3, -0.25) is 0 Å². The maximum atomic E-state index is 12.3. The molecule has 0 saturated carbocycles. The van der Waals surface area contributed by atoms with Crippen LogP contribution in [0.15, 0.2) is 29.2 Å². The average molecular weight is 472 g/mol. The number of rotatable bonds is 8. The van der Waals surface area contributed by atoms with Gasteiger partial charge in [-0.05, 0) is 53.2 Å². The van der Waals surface area contributed by atoms with Crippen LogP contribution < -0.4 is 4.72 Å². The van der Waals surface area contributed by atoms with Gasteiger partial charge in [0.05, 0.1) is 11.5 Å². The molecule has 180 valence electrons. The fourth-order valence-electron chi connectivity index (χ4n) is 4.21. The molecule has 4 rings (SSSR count). The fourth-order valence-corrected chi connectivity index (χ4v) is 5.28. The molecule has 0 amide bonds. The summed E-state index contributed by atoms with van der Waals surface area (Å²) in [7, 11) is -3.53. The first-order valence-electron chi connectivity index (χ1n) is 11.0. The summed E-state index contributed by atoms with van der Waals surface area (Å²) in [4.78, 5) is 0.253. The average Bonchev–Trinajstić information content (AvgIpc) is 3.18. The molecule has 0 aromatic heterocycles. The number of benzene rings is 1. The van der Waals surface area contributed by atoms with Crippen LogP contribution in [-0.2, 0) is 38.4 Å². The largest absolute Gasteiger partial charge is 0.379 e. The van der Waals surface area contributed by atoms with E-state index in [0.717, 1.165) is 5.56 Å². The van der Waals surface area contributed by atoms with Crippen LogP contribution in [0.5, 0.6) is 0 Å². The zero-order valence-corrected chi connectivity index (χ0v) is 20.0. The lowest BCUT2D eigenvalue weighted by Gasteiger charge is -2.37. The third kappa shape index (κ3) is 5.34. The molecule has 32 heavy (non-hydrogen) atoms. The van der Waals surface area contributed by atoms with Crippen molar-refractivity contribution in [3.8, 4) is 0 Å². The monoisotopic (exact) mass is 471 g/mol. The number of fused-ring (bicyclic) bond motifs is 3. The smallest absolute Gasteiger partial charge is 0.240 e. The highest BCUT2D eigenvalue weighted by Crippen LogP contribution is 2.44. The zero-order chi connectivity index (χ0) is 23.1. The van der Waals surface area contributed by atoms with Crippen LogP contribution >= 0.6 is 0 Å². The van der Waals surface area contributed by atoms with E-state index in [0.29, 0.717) is 13.0 Å². The van der Waals surface area contributed by atoms with E-state index in [-0.39, 0.29) is 42.5 Å². The third-order valence-electron chi connectivity index (χ3n) is 5.62. The van der Waals surface area contributed by atoms with Gasteiger partial charge in [0.1, 0.15) is 24.4 Å². The maximum Gasteiger partial charge on any atom is 0.240 e. The molecule has 9 nitrogen and oxygen atoms in total. The lowest BCUT2D eigenvalue weighted by atomic mass is 9.99. The molecular weight excluding hydrogens is 438 g/mol. The Bertz CT molecular complexity index is 901. The summed E-state index contributed by atoms with van der Waals surface area (Å²) >= 11 is 0. The van der Waals surface area contributed by atoms with Crippen molar-refractivity contribution in [1.82, 2.24) is 4.72 Å². The number of sulfonamides is 1. The van der Waals surface area contributed by atoms with Gasteiger partial charge in [-0.25, -0.2) is 13.1 Å². The van der Waals surface area contributed by atoms with Crippen LogP contribution in [0, 0.1) is 6.92 Å². The predicted octanol–water partition coefficient (Wildman–Crippen LogP) is 2.08. The van der Waals surface area contributed by atoms with Crippen molar-refractivity contribution in [1.29, 1.82) is 0 Å². The van der Waals surface area contributed by atoms with Gasteiger partial charge < -0.3 is 28.4 Å². The number of aryl methyl sites for hydroxylation is 1. The first-order chi connectivity index (χ1) is 15.0. The van der Waals surface area contributed by atoms with Crippen molar-refractivity contribution in [3.63, 3.8) is 0 Å². The second-order valence-electron chi connectivity index (χ2n) is 9.35. The normalized spacial score (nSPS) is 33.1. The van der Waals surface area contributed by atoms with Crippen LogP contribution in [0.4, 0.5) is 0 Å². The molecule has 0 bridgehead atoms. The van der Waals surface area contributed by atoms with Gasteiger partial charge in [0.25, 0.3) is 0 Å².